The summed E-state index contributed by atoms with van der Waals surface area (Å²) in [6, 6.07) is 1.73. The van der Waals surface area contributed by atoms with E-state index in [-0.39, 0.29) is 5.38 Å². The van der Waals surface area contributed by atoms with Crippen molar-refractivity contribution in [2.45, 2.75) is 18.7 Å². The standard InChI is InChI=1S/C11H18ClN3O2/c1-3-6-17-10-4-5-13-11(15-10)14-7-9(12)8-16-2/h4-5,9H,3,6-8H2,1-2H3,(H,13,14,15). The van der Waals surface area contributed by atoms with Gasteiger partial charge in [0, 0.05) is 25.9 Å². The Morgan fingerprint density at radius 2 is 2.35 bits per heavy atom. The minimum Gasteiger partial charge on any atom is -0.478 e. The summed E-state index contributed by atoms with van der Waals surface area (Å²) in [6.07, 6.45) is 2.60. The molecule has 0 fully saturated rings. The Morgan fingerprint density at radius 3 is 3.06 bits per heavy atom. The minimum absolute atomic E-state index is 0.108. The van der Waals surface area contributed by atoms with Gasteiger partial charge in [-0.25, -0.2) is 4.98 Å². The molecule has 0 bridgehead atoms. The van der Waals surface area contributed by atoms with Crippen LogP contribution in [0.2, 0.25) is 0 Å². The molecule has 0 saturated heterocycles. The maximum absolute atomic E-state index is 5.98. The number of anilines is 1. The maximum Gasteiger partial charge on any atom is 0.225 e. The Bertz CT molecular complexity index is 325. The molecule has 0 aromatic carbocycles. The molecule has 1 unspecified atom stereocenters. The summed E-state index contributed by atoms with van der Waals surface area (Å²) in [5.41, 5.74) is 0. The number of nitrogens with one attached hydrogen (secondary N) is 1. The van der Waals surface area contributed by atoms with Gasteiger partial charge in [-0.05, 0) is 6.42 Å². The van der Waals surface area contributed by atoms with Crippen LogP contribution in [0.4, 0.5) is 5.95 Å². The number of hydrogen-bond donors (Lipinski definition) is 1. The van der Waals surface area contributed by atoms with Crippen LogP contribution in [0.15, 0.2) is 12.3 Å². The van der Waals surface area contributed by atoms with E-state index in [1.54, 1.807) is 19.4 Å². The molecule has 0 saturated carbocycles. The second kappa shape index (κ2) is 8.08. The molecule has 5 nitrogen and oxygen atoms in total. The van der Waals surface area contributed by atoms with Crippen molar-refractivity contribution in [1.82, 2.24) is 9.97 Å². The summed E-state index contributed by atoms with van der Waals surface area (Å²) in [4.78, 5) is 8.28. The lowest BCUT2D eigenvalue weighted by Crippen LogP contribution is -2.20. The third kappa shape index (κ3) is 5.70. The van der Waals surface area contributed by atoms with Crippen LogP contribution in [0.3, 0.4) is 0 Å². The van der Waals surface area contributed by atoms with Crippen LogP contribution in [0, 0.1) is 0 Å². The zero-order valence-corrected chi connectivity index (χ0v) is 10.9. The lowest BCUT2D eigenvalue weighted by Gasteiger charge is -2.10. The molecule has 0 radical (unpaired) electrons. The van der Waals surface area contributed by atoms with Crippen LogP contribution in [0.1, 0.15) is 13.3 Å². The zero-order valence-electron chi connectivity index (χ0n) is 10.1. The Balaban J connectivity index is 2.42. The molecule has 96 valence electrons. The van der Waals surface area contributed by atoms with E-state index in [1.165, 1.54) is 0 Å². The van der Waals surface area contributed by atoms with Crippen molar-refractivity contribution < 1.29 is 9.47 Å². The van der Waals surface area contributed by atoms with Gasteiger partial charge in [0.25, 0.3) is 0 Å². The van der Waals surface area contributed by atoms with Gasteiger partial charge in [0.1, 0.15) is 0 Å². The van der Waals surface area contributed by atoms with Crippen molar-refractivity contribution in [2.24, 2.45) is 0 Å². The molecule has 17 heavy (non-hydrogen) atoms. The van der Waals surface area contributed by atoms with Crippen molar-refractivity contribution in [1.29, 1.82) is 0 Å². The molecule has 0 aliphatic rings. The molecule has 0 aliphatic heterocycles. The number of alkyl halides is 1. The highest BCUT2D eigenvalue weighted by Gasteiger charge is 2.05. The van der Waals surface area contributed by atoms with Crippen molar-refractivity contribution in [3.8, 4) is 5.88 Å². The van der Waals surface area contributed by atoms with Gasteiger partial charge in [0.05, 0.1) is 18.6 Å². The Hall–Kier alpha value is -1.07. The summed E-state index contributed by atoms with van der Waals surface area (Å²) in [5.74, 6) is 1.09. The number of ether oxygens (including phenoxy) is 2. The third-order valence-corrected chi connectivity index (χ3v) is 2.19. The molecule has 0 amide bonds. The third-order valence-electron chi connectivity index (χ3n) is 1.91. The molecule has 1 heterocycles. The molecule has 6 heteroatoms. The smallest absolute Gasteiger partial charge is 0.225 e. The number of methoxy groups -OCH3 is 1. The lowest BCUT2D eigenvalue weighted by atomic mass is 10.4. The maximum atomic E-state index is 5.98. The highest BCUT2D eigenvalue weighted by atomic mass is 35.5. The molecule has 1 rings (SSSR count). The second-order valence-electron chi connectivity index (χ2n) is 3.50. The first-order valence-electron chi connectivity index (χ1n) is 5.59. The van der Waals surface area contributed by atoms with E-state index in [2.05, 4.69) is 15.3 Å². The van der Waals surface area contributed by atoms with Gasteiger partial charge in [-0.3, -0.25) is 0 Å². The summed E-state index contributed by atoms with van der Waals surface area (Å²) in [6.45, 7) is 3.73. The summed E-state index contributed by atoms with van der Waals surface area (Å²) in [5, 5.41) is 2.92. The summed E-state index contributed by atoms with van der Waals surface area (Å²) < 4.78 is 10.3. The molecule has 1 atom stereocenters. The fourth-order valence-corrected chi connectivity index (χ4v) is 1.36. The topological polar surface area (TPSA) is 56.3 Å². The zero-order chi connectivity index (χ0) is 12.5. The molecule has 1 N–H and O–H groups in total. The fraction of sp³-hybridized carbons (Fsp3) is 0.636. The molecule has 1 aromatic rings. The van der Waals surface area contributed by atoms with E-state index in [0.29, 0.717) is 31.6 Å². The summed E-state index contributed by atoms with van der Waals surface area (Å²) >= 11 is 5.98. The minimum atomic E-state index is -0.108. The van der Waals surface area contributed by atoms with Gasteiger partial charge < -0.3 is 14.8 Å². The van der Waals surface area contributed by atoms with E-state index >= 15 is 0 Å². The van der Waals surface area contributed by atoms with Crippen LogP contribution < -0.4 is 10.1 Å². The van der Waals surface area contributed by atoms with E-state index in [4.69, 9.17) is 21.1 Å². The van der Waals surface area contributed by atoms with E-state index in [1.807, 2.05) is 6.92 Å². The Kier molecular flexibility index (Phi) is 6.65. The van der Waals surface area contributed by atoms with Gasteiger partial charge in [-0.2, -0.15) is 4.98 Å². The molecule has 0 aliphatic carbocycles. The van der Waals surface area contributed by atoms with Crippen molar-refractivity contribution >= 4 is 17.5 Å². The predicted octanol–water partition coefficient (Wildman–Crippen LogP) is 1.93. The summed E-state index contributed by atoms with van der Waals surface area (Å²) in [7, 11) is 1.62. The first kappa shape index (κ1) is 14.0. The normalized spacial score (nSPS) is 12.2. The number of aromatic nitrogens is 2. The largest absolute Gasteiger partial charge is 0.478 e. The number of rotatable bonds is 8. The van der Waals surface area contributed by atoms with Gasteiger partial charge in [0.15, 0.2) is 0 Å². The van der Waals surface area contributed by atoms with Crippen molar-refractivity contribution in [3.05, 3.63) is 12.3 Å². The van der Waals surface area contributed by atoms with Crippen LogP contribution in [-0.2, 0) is 4.74 Å². The van der Waals surface area contributed by atoms with Crippen LogP contribution in [0.25, 0.3) is 0 Å². The van der Waals surface area contributed by atoms with Gasteiger partial charge in [0.2, 0.25) is 11.8 Å². The van der Waals surface area contributed by atoms with E-state index < -0.39 is 0 Å². The first-order chi connectivity index (χ1) is 8.26. The average molecular weight is 260 g/mol. The number of nitrogens with zero attached hydrogens (tertiary/aromatic N) is 2. The van der Waals surface area contributed by atoms with Crippen molar-refractivity contribution in [3.63, 3.8) is 0 Å². The Labute approximate surface area is 107 Å². The highest BCUT2D eigenvalue weighted by molar-refractivity contribution is 6.21. The predicted molar refractivity (Wildman–Crippen MR) is 67.8 cm³/mol. The van der Waals surface area contributed by atoms with E-state index in [9.17, 15) is 0 Å². The second-order valence-corrected chi connectivity index (χ2v) is 4.12. The molecule has 0 spiro atoms. The van der Waals surface area contributed by atoms with E-state index in [0.717, 1.165) is 6.42 Å². The van der Waals surface area contributed by atoms with Crippen LogP contribution >= 0.6 is 11.6 Å². The van der Waals surface area contributed by atoms with Crippen molar-refractivity contribution in [2.75, 3.05) is 32.2 Å². The molecular formula is C11H18ClN3O2. The van der Waals surface area contributed by atoms with Gasteiger partial charge >= 0.3 is 0 Å². The SMILES string of the molecule is CCCOc1ccnc(NCC(Cl)COC)n1. The van der Waals surface area contributed by atoms with Gasteiger partial charge in [-0.1, -0.05) is 6.92 Å². The quantitative estimate of drug-likeness (QED) is 0.723. The van der Waals surface area contributed by atoms with Gasteiger partial charge in [-0.15, -0.1) is 11.6 Å². The number of halogens is 1. The number of hydrogen-bond acceptors (Lipinski definition) is 5. The lowest BCUT2D eigenvalue weighted by molar-refractivity contribution is 0.200. The van der Waals surface area contributed by atoms with Crippen LogP contribution in [0.5, 0.6) is 5.88 Å². The molecular weight excluding hydrogens is 242 g/mol. The monoisotopic (exact) mass is 259 g/mol. The fourth-order valence-electron chi connectivity index (χ4n) is 1.16. The highest BCUT2D eigenvalue weighted by Crippen LogP contribution is 2.09. The average Bonchev–Trinajstić information content (AvgIpc) is 2.35. The van der Waals surface area contributed by atoms with Crippen LogP contribution in [-0.4, -0.2) is 42.2 Å². The Morgan fingerprint density at radius 1 is 1.53 bits per heavy atom. The molecule has 1 aromatic heterocycles. The first-order valence-corrected chi connectivity index (χ1v) is 6.02.